The first-order valence-electron chi connectivity index (χ1n) is 6.97. The van der Waals surface area contributed by atoms with Crippen LogP contribution in [0.2, 0.25) is 0 Å². The highest BCUT2D eigenvalue weighted by molar-refractivity contribution is 5.85. The summed E-state index contributed by atoms with van der Waals surface area (Å²) in [6.07, 6.45) is -3.90. The molecule has 0 spiro atoms. The van der Waals surface area contributed by atoms with Gasteiger partial charge in [-0.2, -0.15) is 0 Å². The Labute approximate surface area is 123 Å². The monoisotopic (exact) mass is 309 g/mol. The lowest BCUT2D eigenvalue weighted by Crippen LogP contribution is -2.38. The number of nitrogens with zero attached hydrogens (tertiary/aromatic N) is 4. The summed E-state index contributed by atoms with van der Waals surface area (Å²) in [7, 11) is 0. The number of anilines is 1. The Morgan fingerprint density at radius 2 is 2.23 bits per heavy atom. The maximum absolute atomic E-state index is 12.4. The van der Waals surface area contributed by atoms with Gasteiger partial charge < -0.3 is 25.4 Å². The van der Waals surface area contributed by atoms with Crippen LogP contribution in [-0.4, -0.2) is 66.3 Å². The lowest BCUT2D eigenvalue weighted by molar-refractivity contribution is -0.0351. The van der Waals surface area contributed by atoms with Gasteiger partial charge in [-0.3, -0.25) is 9.36 Å². The molecule has 0 radical (unpaired) electrons. The van der Waals surface area contributed by atoms with Crippen molar-refractivity contribution in [2.24, 2.45) is 0 Å². The Balaban J connectivity index is 1.95. The highest BCUT2D eigenvalue weighted by Gasteiger charge is 2.47. The van der Waals surface area contributed by atoms with Crippen LogP contribution >= 0.6 is 0 Å². The molecular weight excluding hydrogens is 294 g/mol. The number of rotatable bonds is 3. The molecule has 10 heteroatoms. The standard InChI is InChI=1S/C12H15N5O5/c18-2-1-13-5-3-7(19)17-11-8(5)14-15-16(11)4-6-9(20)10(21)12(17)22-6/h3,6,9-10,12-13,18,20-21H,1-2,4H2/t6-,9-,10-,12-/m1/s1. The second kappa shape index (κ2) is 4.74. The molecule has 10 nitrogen and oxygen atoms in total. The van der Waals surface area contributed by atoms with Gasteiger partial charge in [0.1, 0.15) is 18.3 Å². The fraction of sp³-hybridized carbons (Fsp3) is 0.583. The average molecular weight is 309 g/mol. The van der Waals surface area contributed by atoms with Crippen LogP contribution < -0.4 is 10.9 Å². The highest BCUT2D eigenvalue weighted by atomic mass is 16.6. The van der Waals surface area contributed by atoms with E-state index in [-0.39, 0.29) is 19.7 Å². The van der Waals surface area contributed by atoms with Crippen LogP contribution in [0.4, 0.5) is 5.69 Å². The van der Waals surface area contributed by atoms with Crippen molar-refractivity contribution >= 4 is 16.9 Å². The zero-order chi connectivity index (χ0) is 15.4. The van der Waals surface area contributed by atoms with Crippen LogP contribution in [0.1, 0.15) is 6.23 Å². The van der Waals surface area contributed by atoms with Gasteiger partial charge in [0.25, 0.3) is 5.56 Å². The van der Waals surface area contributed by atoms with Gasteiger partial charge in [-0.1, -0.05) is 5.21 Å². The Kier molecular flexibility index (Phi) is 2.94. The van der Waals surface area contributed by atoms with E-state index in [4.69, 9.17) is 9.84 Å². The molecule has 1 fully saturated rings. The smallest absolute Gasteiger partial charge is 0.256 e. The number of ether oxygens (including phenoxy) is 1. The number of aliphatic hydroxyl groups is 3. The molecule has 1 saturated heterocycles. The van der Waals surface area contributed by atoms with Crippen LogP contribution in [0.3, 0.4) is 0 Å². The SMILES string of the molecule is O=c1cc(NCCO)c2nnn3c2n1[C@@H]1O[C@H](C3)[C@@H](O)[C@H]1O. The van der Waals surface area contributed by atoms with Gasteiger partial charge in [0.05, 0.1) is 18.8 Å². The Morgan fingerprint density at radius 3 is 3.00 bits per heavy atom. The van der Waals surface area contributed by atoms with E-state index < -0.39 is 30.1 Å². The highest BCUT2D eigenvalue weighted by Crippen LogP contribution is 2.35. The molecule has 2 bridgehead atoms. The summed E-state index contributed by atoms with van der Waals surface area (Å²) in [6.45, 7) is 0.376. The minimum absolute atomic E-state index is 0.0859. The Bertz CT molecular complexity index is 786. The maximum Gasteiger partial charge on any atom is 0.256 e. The van der Waals surface area contributed by atoms with Crippen molar-refractivity contribution in [3.05, 3.63) is 16.4 Å². The molecule has 2 aliphatic rings. The molecule has 0 aromatic carbocycles. The van der Waals surface area contributed by atoms with Gasteiger partial charge in [0.15, 0.2) is 17.4 Å². The number of hydrogen-bond acceptors (Lipinski definition) is 8. The molecule has 0 amide bonds. The summed E-state index contributed by atoms with van der Waals surface area (Å²) in [5.41, 5.74) is 0.928. The Hall–Kier alpha value is -2.01. The average Bonchev–Trinajstić information content (AvgIpc) is 2.96. The fourth-order valence-corrected chi connectivity index (χ4v) is 3.04. The summed E-state index contributed by atoms with van der Waals surface area (Å²) in [5.74, 6) is 0. The minimum Gasteiger partial charge on any atom is -0.395 e. The second-order valence-electron chi connectivity index (χ2n) is 5.41. The summed E-state index contributed by atoms with van der Waals surface area (Å²) >= 11 is 0. The van der Waals surface area contributed by atoms with Gasteiger partial charge in [-0.15, -0.1) is 5.10 Å². The van der Waals surface area contributed by atoms with Crippen molar-refractivity contribution < 1.29 is 20.1 Å². The van der Waals surface area contributed by atoms with Crippen LogP contribution in [0.5, 0.6) is 0 Å². The lowest BCUT2D eigenvalue weighted by atomic mass is 10.1. The zero-order valence-electron chi connectivity index (χ0n) is 11.5. The number of hydrogen-bond donors (Lipinski definition) is 4. The van der Waals surface area contributed by atoms with Crippen molar-refractivity contribution in [2.45, 2.75) is 31.1 Å². The van der Waals surface area contributed by atoms with Crippen LogP contribution in [0.15, 0.2) is 10.9 Å². The number of aliphatic hydroxyl groups excluding tert-OH is 3. The molecule has 0 saturated carbocycles. The molecule has 4 N–H and O–H groups in total. The molecule has 2 aromatic heterocycles. The van der Waals surface area contributed by atoms with E-state index in [1.165, 1.54) is 15.3 Å². The minimum atomic E-state index is -1.19. The molecule has 0 aliphatic carbocycles. The first kappa shape index (κ1) is 13.6. The number of aromatic nitrogens is 4. The van der Waals surface area contributed by atoms with Crippen molar-refractivity contribution in [1.29, 1.82) is 0 Å². The Morgan fingerprint density at radius 1 is 1.41 bits per heavy atom. The predicted octanol–water partition coefficient (Wildman–Crippen LogP) is -2.37. The van der Waals surface area contributed by atoms with E-state index in [0.717, 1.165) is 0 Å². The summed E-state index contributed by atoms with van der Waals surface area (Å²) < 4.78 is 8.34. The van der Waals surface area contributed by atoms with Gasteiger partial charge in [0, 0.05) is 12.6 Å². The lowest BCUT2D eigenvalue weighted by Gasteiger charge is -2.20. The van der Waals surface area contributed by atoms with Crippen molar-refractivity contribution in [3.8, 4) is 0 Å². The third-order valence-corrected chi connectivity index (χ3v) is 4.07. The first-order valence-corrected chi connectivity index (χ1v) is 6.97. The van der Waals surface area contributed by atoms with E-state index in [1.54, 1.807) is 0 Å². The quantitative estimate of drug-likeness (QED) is 0.494. The molecule has 4 heterocycles. The number of pyridine rings is 1. The van der Waals surface area contributed by atoms with E-state index in [0.29, 0.717) is 16.9 Å². The van der Waals surface area contributed by atoms with Gasteiger partial charge in [0.2, 0.25) is 0 Å². The summed E-state index contributed by atoms with van der Waals surface area (Å²) in [6, 6.07) is 1.32. The van der Waals surface area contributed by atoms with E-state index >= 15 is 0 Å². The molecule has 4 rings (SSSR count). The van der Waals surface area contributed by atoms with Crippen LogP contribution in [-0.2, 0) is 11.3 Å². The molecular formula is C12H15N5O5. The second-order valence-corrected chi connectivity index (χ2v) is 5.41. The fourth-order valence-electron chi connectivity index (χ4n) is 3.04. The topological polar surface area (TPSA) is 135 Å². The molecule has 2 aliphatic heterocycles. The molecule has 2 aromatic rings. The maximum atomic E-state index is 12.4. The van der Waals surface area contributed by atoms with Crippen LogP contribution in [0, 0.1) is 0 Å². The van der Waals surface area contributed by atoms with Gasteiger partial charge in [-0.05, 0) is 0 Å². The van der Waals surface area contributed by atoms with E-state index in [9.17, 15) is 15.0 Å². The molecule has 118 valence electrons. The molecule has 0 unspecified atom stereocenters. The summed E-state index contributed by atoms with van der Waals surface area (Å²) in [5, 5.41) is 40.0. The third kappa shape index (κ3) is 1.72. The number of nitrogens with one attached hydrogen (secondary N) is 1. The van der Waals surface area contributed by atoms with Gasteiger partial charge >= 0.3 is 0 Å². The van der Waals surface area contributed by atoms with E-state index in [1.807, 2.05) is 0 Å². The van der Waals surface area contributed by atoms with E-state index in [2.05, 4.69) is 15.6 Å². The zero-order valence-corrected chi connectivity index (χ0v) is 11.5. The largest absolute Gasteiger partial charge is 0.395 e. The normalized spacial score (nSPS) is 29.8. The predicted molar refractivity (Wildman–Crippen MR) is 73.3 cm³/mol. The summed E-state index contributed by atoms with van der Waals surface area (Å²) in [4.78, 5) is 12.4. The van der Waals surface area contributed by atoms with Crippen molar-refractivity contribution in [1.82, 2.24) is 19.6 Å². The van der Waals surface area contributed by atoms with Gasteiger partial charge in [-0.25, -0.2) is 4.68 Å². The third-order valence-electron chi connectivity index (χ3n) is 4.07. The molecule has 4 atom stereocenters. The van der Waals surface area contributed by atoms with Crippen molar-refractivity contribution in [3.63, 3.8) is 0 Å². The van der Waals surface area contributed by atoms with Crippen molar-refractivity contribution in [2.75, 3.05) is 18.5 Å². The molecule has 22 heavy (non-hydrogen) atoms. The number of fused-ring (bicyclic) bond motifs is 3. The first-order chi connectivity index (χ1) is 10.6. The van der Waals surface area contributed by atoms with Crippen LogP contribution in [0.25, 0.3) is 11.2 Å².